The number of halogens is 1. The molecule has 3 rings (SSSR count). The maximum atomic E-state index is 5.89. The number of nitrogens with one attached hydrogen (secondary N) is 1. The monoisotopic (exact) mass is 211 g/mol. The lowest BCUT2D eigenvalue weighted by Crippen LogP contribution is -2.30. The lowest BCUT2D eigenvalue weighted by molar-refractivity contribution is 0.293. The number of fused-ring (bicyclic) bond motifs is 1. The number of furan rings is 1. The van der Waals surface area contributed by atoms with Crippen LogP contribution in [0.3, 0.4) is 0 Å². The van der Waals surface area contributed by atoms with Gasteiger partial charge in [-0.3, -0.25) is 0 Å². The lowest BCUT2D eigenvalue weighted by atomic mass is 9.80. The van der Waals surface area contributed by atoms with Gasteiger partial charge < -0.3 is 9.73 Å². The molecule has 1 spiro atoms. The van der Waals surface area contributed by atoms with Gasteiger partial charge in [0.2, 0.25) is 0 Å². The van der Waals surface area contributed by atoms with Crippen LogP contribution in [0.15, 0.2) is 10.5 Å². The molecule has 0 saturated heterocycles. The number of rotatable bonds is 1. The molecular formula is C11H14ClNO. The highest BCUT2D eigenvalue weighted by Crippen LogP contribution is 2.61. The topological polar surface area (TPSA) is 25.2 Å². The third-order valence-electron chi connectivity index (χ3n) is 3.77. The second-order valence-corrected chi connectivity index (χ2v) is 4.89. The summed E-state index contributed by atoms with van der Waals surface area (Å²) >= 11 is 5.89. The molecule has 1 atom stereocenters. The van der Waals surface area contributed by atoms with Crippen LogP contribution in [0.25, 0.3) is 0 Å². The average Bonchev–Trinajstić information content (AvgIpc) is 2.82. The predicted molar refractivity (Wildman–Crippen MR) is 55.5 cm³/mol. The number of hydrogen-bond acceptors (Lipinski definition) is 2. The molecule has 0 bridgehead atoms. The quantitative estimate of drug-likeness (QED) is 0.773. The van der Waals surface area contributed by atoms with Gasteiger partial charge in [0.1, 0.15) is 5.76 Å². The molecule has 14 heavy (non-hydrogen) atoms. The van der Waals surface area contributed by atoms with Gasteiger partial charge in [-0.15, -0.1) is 0 Å². The molecule has 1 aromatic rings. The lowest BCUT2D eigenvalue weighted by Gasteiger charge is -2.30. The van der Waals surface area contributed by atoms with E-state index in [0.29, 0.717) is 16.7 Å². The minimum absolute atomic E-state index is 0.461. The Morgan fingerprint density at radius 3 is 2.93 bits per heavy atom. The van der Waals surface area contributed by atoms with E-state index in [-0.39, 0.29) is 0 Å². The Morgan fingerprint density at radius 1 is 1.50 bits per heavy atom. The summed E-state index contributed by atoms with van der Waals surface area (Å²) in [5.74, 6) is 1.09. The zero-order valence-corrected chi connectivity index (χ0v) is 9.03. The summed E-state index contributed by atoms with van der Waals surface area (Å²) in [5.41, 5.74) is 1.82. The molecule has 0 aromatic carbocycles. The van der Waals surface area contributed by atoms with Crippen LogP contribution in [0.5, 0.6) is 0 Å². The Labute approximate surface area is 88.6 Å². The molecule has 1 aromatic heterocycles. The highest BCUT2D eigenvalue weighted by molar-refractivity contribution is 6.28. The summed E-state index contributed by atoms with van der Waals surface area (Å²) in [6.07, 6.45) is 5.00. The first kappa shape index (κ1) is 8.81. The van der Waals surface area contributed by atoms with E-state index in [2.05, 4.69) is 5.32 Å². The maximum absolute atomic E-state index is 5.89. The molecule has 2 aliphatic rings. The van der Waals surface area contributed by atoms with Crippen LogP contribution < -0.4 is 5.32 Å². The Bertz CT molecular complexity index is 367. The number of aryl methyl sites for hydroxylation is 1. The molecule has 2 aliphatic carbocycles. The van der Waals surface area contributed by atoms with Crippen molar-refractivity contribution >= 4 is 11.6 Å². The number of hydrogen-bond donors (Lipinski definition) is 1. The van der Waals surface area contributed by atoms with Crippen molar-refractivity contribution in [2.45, 2.75) is 31.7 Å². The maximum Gasteiger partial charge on any atom is 0.193 e. The Hall–Kier alpha value is -0.470. The fourth-order valence-electron chi connectivity index (χ4n) is 2.85. The highest BCUT2D eigenvalue weighted by Gasteiger charge is 2.52. The first-order chi connectivity index (χ1) is 6.75. The molecule has 0 amide bonds. The minimum atomic E-state index is 0.461. The van der Waals surface area contributed by atoms with Gasteiger partial charge >= 0.3 is 0 Å². The standard InChI is InChI=1S/C11H14ClNO/c1-13-10-7-6-9(12)14-8(7)2-3-11(10)4-5-11/h6,10,13H,2-5H2,1H3. The van der Waals surface area contributed by atoms with Gasteiger partial charge in [0.05, 0.1) is 0 Å². The first-order valence-corrected chi connectivity index (χ1v) is 5.58. The molecule has 0 aliphatic heterocycles. The molecule has 3 heteroatoms. The van der Waals surface area contributed by atoms with Gasteiger partial charge in [-0.05, 0) is 43.3 Å². The van der Waals surface area contributed by atoms with Crippen molar-refractivity contribution in [1.82, 2.24) is 5.32 Å². The van der Waals surface area contributed by atoms with Gasteiger partial charge in [0.25, 0.3) is 0 Å². The van der Waals surface area contributed by atoms with E-state index >= 15 is 0 Å². The van der Waals surface area contributed by atoms with E-state index in [9.17, 15) is 0 Å². The Balaban J connectivity index is 2.05. The molecule has 1 saturated carbocycles. The Morgan fingerprint density at radius 2 is 2.29 bits per heavy atom. The van der Waals surface area contributed by atoms with Gasteiger partial charge in [0, 0.05) is 24.1 Å². The third-order valence-corrected chi connectivity index (χ3v) is 3.95. The largest absolute Gasteiger partial charge is 0.449 e. The fourth-order valence-corrected chi connectivity index (χ4v) is 3.06. The van der Waals surface area contributed by atoms with E-state index in [1.54, 1.807) is 0 Å². The molecule has 1 unspecified atom stereocenters. The van der Waals surface area contributed by atoms with Crippen molar-refractivity contribution in [3.05, 3.63) is 22.6 Å². The van der Waals surface area contributed by atoms with E-state index in [1.165, 1.54) is 24.8 Å². The van der Waals surface area contributed by atoms with Crippen molar-refractivity contribution < 1.29 is 4.42 Å². The molecule has 0 radical (unpaired) electrons. The smallest absolute Gasteiger partial charge is 0.193 e. The predicted octanol–water partition coefficient (Wildman–Crippen LogP) is 2.92. The van der Waals surface area contributed by atoms with Gasteiger partial charge in [-0.2, -0.15) is 0 Å². The van der Waals surface area contributed by atoms with Crippen molar-refractivity contribution in [3.8, 4) is 0 Å². The van der Waals surface area contributed by atoms with E-state index in [1.807, 2.05) is 13.1 Å². The summed E-state index contributed by atoms with van der Waals surface area (Å²) in [6.45, 7) is 0. The van der Waals surface area contributed by atoms with Crippen molar-refractivity contribution in [3.63, 3.8) is 0 Å². The molecule has 76 valence electrons. The molecule has 1 heterocycles. The first-order valence-electron chi connectivity index (χ1n) is 5.20. The summed E-state index contributed by atoms with van der Waals surface area (Å²) < 4.78 is 5.48. The summed E-state index contributed by atoms with van der Waals surface area (Å²) in [4.78, 5) is 0. The second-order valence-electron chi connectivity index (χ2n) is 4.51. The summed E-state index contributed by atoms with van der Waals surface area (Å²) in [5, 5.41) is 3.94. The summed E-state index contributed by atoms with van der Waals surface area (Å²) in [7, 11) is 2.03. The van der Waals surface area contributed by atoms with Crippen LogP contribution in [-0.4, -0.2) is 7.05 Å². The zero-order valence-electron chi connectivity index (χ0n) is 8.27. The van der Waals surface area contributed by atoms with Gasteiger partial charge in [-0.1, -0.05) is 0 Å². The van der Waals surface area contributed by atoms with Gasteiger partial charge in [-0.25, -0.2) is 0 Å². The average molecular weight is 212 g/mol. The van der Waals surface area contributed by atoms with Crippen molar-refractivity contribution in [2.24, 2.45) is 5.41 Å². The van der Waals surface area contributed by atoms with Crippen LogP contribution in [0.4, 0.5) is 0 Å². The van der Waals surface area contributed by atoms with Crippen LogP contribution in [0, 0.1) is 5.41 Å². The zero-order chi connectivity index (χ0) is 9.76. The molecule has 1 N–H and O–H groups in total. The molecule has 1 fully saturated rings. The van der Waals surface area contributed by atoms with E-state index < -0.39 is 0 Å². The summed E-state index contributed by atoms with van der Waals surface area (Å²) in [6, 6.07) is 2.44. The minimum Gasteiger partial charge on any atom is -0.449 e. The molecule has 2 nitrogen and oxygen atoms in total. The fraction of sp³-hybridized carbons (Fsp3) is 0.636. The van der Waals surface area contributed by atoms with E-state index in [0.717, 1.165) is 12.2 Å². The third kappa shape index (κ3) is 1.07. The van der Waals surface area contributed by atoms with Crippen molar-refractivity contribution in [1.29, 1.82) is 0 Å². The van der Waals surface area contributed by atoms with Crippen LogP contribution in [-0.2, 0) is 6.42 Å². The SMILES string of the molecule is CNC1c2cc(Cl)oc2CCC12CC2. The highest BCUT2D eigenvalue weighted by atomic mass is 35.5. The second kappa shape index (κ2) is 2.77. The van der Waals surface area contributed by atoms with E-state index in [4.69, 9.17) is 16.0 Å². The Kier molecular flexibility index (Phi) is 1.74. The van der Waals surface area contributed by atoms with Crippen LogP contribution in [0.2, 0.25) is 5.22 Å². The normalized spacial score (nSPS) is 27.7. The van der Waals surface area contributed by atoms with Gasteiger partial charge in [0.15, 0.2) is 5.22 Å². The van der Waals surface area contributed by atoms with Crippen molar-refractivity contribution in [2.75, 3.05) is 7.05 Å². The van der Waals surface area contributed by atoms with Crippen LogP contribution >= 0.6 is 11.6 Å². The molecular weight excluding hydrogens is 198 g/mol. The van der Waals surface area contributed by atoms with Crippen LogP contribution in [0.1, 0.15) is 36.6 Å².